The third-order valence-electron chi connectivity index (χ3n) is 3.61. The van der Waals surface area contributed by atoms with Crippen LogP contribution in [-0.2, 0) is 27.2 Å². The van der Waals surface area contributed by atoms with Gasteiger partial charge in [0.05, 0.1) is 0 Å². The fraction of sp³-hybridized carbons (Fsp3) is 0.333. The van der Waals surface area contributed by atoms with Crippen molar-refractivity contribution in [3.8, 4) is 5.75 Å². The maximum atomic E-state index is 10.9. The maximum Gasteiger partial charge on any atom is 0.328 e. The van der Waals surface area contributed by atoms with Crippen LogP contribution in [0, 0.1) is 0 Å². The number of benzene rings is 1. The predicted molar refractivity (Wildman–Crippen MR) is 102 cm³/mol. The molecule has 0 saturated heterocycles. The number of aliphatic carboxylic acids is 1. The Morgan fingerprint density at radius 1 is 1.04 bits per heavy atom. The Balaban J connectivity index is 3.14. The molecule has 0 atom stereocenters. The van der Waals surface area contributed by atoms with Crippen molar-refractivity contribution in [2.75, 3.05) is 6.61 Å². The van der Waals surface area contributed by atoms with Crippen molar-refractivity contribution >= 4 is 18.0 Å². The molecule has 0 aromatic heterocycles. The quantitative estimate of drug-likeness (QED) is 0.416. The third kappa shape index (κ3) is 7.83. The molecule has 0 radical (unpaired) electrons. The Bertz CT molecular complexity index is 750. The van der Waals surface area contributed by atoms with Crippen molar-refractivity contribution < 1.29 is 24.5 Å². The Morgan fingerprint density at radius 3 is 2.12 bits per heavy atom. The third-order valence-corrected chi connectivity index (χ3v) is 3.61. The van der Waals surface area contributed by atoms with Gasteiger partial charge in [-0.05, 0) is 74.1 Å². The molecular formula is C21H26O5. The molecule has 1 aromatic rings. The van der Waals surface area contributed by atoms with Crippen molar-refractivity contribution in [3.63, 3.8) is 0 Å². The number of carboxylic acid groups (broad SMARTS) is 1. The second kappa shape index (κ2) is 10.2. The Morgan fingerprint density at radius 2 is 1.62 bits per heavy atom. The van der Waals surface area contributed by atoms with Gasteiger partial charge in [0.1, 0.15) is 12.4 Å². The number of carbonyl (C=O) groups excluding carboxylic acids is 1. The van der Waals surface area contributed by atoms with Gasteiger partial charge in [-0.15, -0.1) is 0 Å². The van der Waals surface area contributed by atoms with Crippen molar-refractivity contribution in [1.82, 2.24) is 0 Å². The highest BCUT2D eigenvalue weighted by atomic mass is 16.5. The predicted octanol–water partition coefficient (Wildman–Crippen LogP) is 4.05. The van der Waals surface area contributed by atoms with Crippen molar-refractivity contribution in [1.29, 1.82) is 0 Å². The molecule has 0 aliphatic carbocycles. The fourth-order valence-corrected chi connectivity index (χ4v) is 2.23. The van der Waals surface area contributed by atoms with Gasteiger partial charge in [0.2, 0.25) is 0 Å². The number of hydrogen-bond acceptors (Lipinski definition) is 4. The number of ether oxygens (including phenoxy) is 1. The van der Waals surface area contributed by atoms with E-state index in [-0.39, 0.29) is 18.3 Å². The highest BCUT2D eigenvalue weighted by Crippen LogP contribution is 2.27. The average molecular weight is 358 g/mol. The van der Waals surface area contributed by atoms with E-state index in [2.05, 4.69) is 0 Å². The molecule has 1 aromatic carbocycles. The molecule has 26 heavy (non-hydrogen) atoms. The van der Waals surface area contributed by atoms with Crippen LogP contribution in [0.4, 0.5) is 0 Å². The Kier molecular flexibility index (Phi) is 8.35. The van der Waals surface area contributed by atoms with Gasteiger partial charge in [-0.25, -0.2) is 4.79 Å². The van der Waals surface area contributed by atoms with Crippen LogP contribution in [0.3, 0.4) is 0 Å². The lowest BCUT2D eigenvalue weighted by Gasteiger charge is -2.11. The normalized spacial score (nSPS) is 11.5. The van der Waals surface area contributed by atoms with Crippen LogP contribution in [0.15, 0.2) is 41.5 Å². The summed E-state index contributed by atoms with van der Waals surface area (Å²) < 4.78 is 4.95. The van der Waals surface area contributed by atoms with E-state index in [1.807, 2.05) is 32.9 Å². The molecule has 0 heterocycles. The lowest BCUT2D eigenvalue weighted by atomic mass is 9.98. The highest BCUT2D eigenvalue weighted by molar-refractivity contribution is 5.85. The van der Waals surface area contributed by atoms with Crippen LogP contribution in [0.5, 0.6) is 5.75 Å². The topological polar surface area (TPSA) is 83.8 Å². The number of phenolic OH excluding ortho intramolecular Hbond substituents is 1. The van der Waals surface area contributed by atoms with Gasteiger partial charge in [-0.1, -0.05) is 17.7 Å². The lowest BCUT2D eigenvalue weighted by Crippen LogP contribution is -2.01. The number of carboxylic acids is 1. The number of aromatic hydroxyl groups is 1. The zero-order valence-electron chi connectivity index (χ0n) is 15.7. The molecule has 2 N–H and O–H groups in total. The highest BCUT2D eigenvalue weighted by Gasteiger charge is 2.09. The van der Waals surface area contributed by atoms with Crippen molar-refractivity contribution in [2.24, 2.45) is 0 Å². The van der Waals surface area contributed by atoms with E-state index in [1.165, 1.54) is 13.0 Å². The molecule has 0 fully saturated rings. The molecule has 5 nitrogen and oxygen atoms in total. The van der Waals surface area contributed by atoms with Gasteiger partial charge in [0, 0.05) is 13.0 Å². The van der Waals surface area contributed by atoms with Gasteiger partial charge in [-0.2, -0.15) is 0 Å². The van der Waals surface area contributed by atoms with E-state index < -0.39 is 5.97 Å². The second-order valence-electron chi connectivity index (χ2n) is 6.38. The van der Waals surface area contributed by atoms with Gasteiger partial charge in [0.15, 0.2) is 0 Å². The van der Waals surface area contributed by atoms with E-state index in [4.69, 9.17) is 9.84 Å². The first kappa shape index (κ1) is 21.2. The van der Waals surface area contributed by atoms with Gasteiger partial charge in [-0.3, -0.25) is 4.79 Å². The molecule has 0 saturated carbocycles. The largest absolute Gasteiger partial charge is 0.507 e. The number of hydrogen-bond donors (Lipinski definition) is 2. The van der Waals surface area contributed by atoms with Crippen LogP contribution in [0.1, 0.15) is 44.4 Å². The summed E-state index contributed by atoms with van der Waals surface area (Å²) in [5.74, 6) is -1.17. The first-order valence-corrected chi connectivity index (χ1v) is 8.37. The average Bonchev–Trinajstić information content (AvgIpc) is 2.56. The van der Waals surface area contributed by atoms with Crippen LogP contribution in [-0.4, -0.2) is 28.8 Å². The molecule has 0 unspecified atom stereocenters. The second-order valence-corrected chi connectivity index (χ2v) is 6.38. The summed E-state index contributed by atoms with van der Waals surface area (Å²) in [6.45, 7) is 7.37. The summed E-state index contributed by atoms with van der Waals surface area (Å²) in [5, 5.41) is 19.4. The van der Waals surface area contributed by atoms with Crippen LogP contribution in [0.2, 0.25) is 0 Å². The van der Waals surface area contributed by atoms with E-state index in [0.717, 1.165) is 22.8 Å². The van der Waals surface area contributed by atoms with Crippen LogP contribution < -0.4 is 0 Å². The first-order chi connectivity index (χ1) is 12.2. The number of esters is 1. The summed E-state index contributed by atoms with van der Waals surface area (Å²) in [6, 6.07) is 3.55. The minimum Gasteiger partial charge on any atom is -0.507 e. The van der Waals surface area contributed by atoms with E-state index >= 15 is 0 Å². The molecule has 140 valence electrons. The summed E-state index contributed by atoms with van der Waals surface area (Å²) in [7, 11) is 0. The number of rotatable bonds is 8. The zero-order valence-corrected chi connectivity index (χ0v) is 15.7. The van der Waals surface area contributed by atoms with Gasteiger partial charge >= 0.3 is 11.9 Å². The molecule has 0 amide bonds. The van der Waals surface area contributed by atoms with Crippen LogP contribution >= 0.6 is 0 Å². The first-order valence-electron chi connectivity index (χ1n) is 8.37. The summed E-state index contributed by atoms with van der Waals surface area (Å²) in [6.07, 6.45) is 7.48. The van der Waals surface area contributed by atoms with E-state index in [1.54, 1.807) is 12.1 Å². The van der Waals surface area contributed by atoms with Crippen LogP contribution in [0.25, 0.3) is 6.08 Å². The summed E-state index contributed by atoms with van der Waals surface area (Å²) >= 11 is 0. The van der Waals surface area contributed by atoms with Crippen molar-refractivity contribution in [2.45, 2.75) is 40.5 Å². The lowest BCUT2D eigenvalue weighted by molar-refractivity contribution is -0.140. The number of phenols is 1. The SMILES string of the molecule is CC(=O)OCC(C)=CCc1cc(C=CC(=O)O)cc(CC=C(C)C)c1O. The molecule has 1 rings (SSSR count). The molecule has 0 spiro atoms. The smallest absolute Gasteiger partial charge is 0.328 e. The molecule has 0 bridgehead atoms. The fourth-order valence-electron chi connectivity index (χ4n) is 2.23. The minimum absolute atomic E-state index is 0.200. The Hall–Kier alpha value is -2.82. The maximum absolute atomic E-state index is 10.9. The molecular weight excluding hydrogens is 332 g/mol. The monoisotopic (exact) mass is 358 g/mol. The molecule has 0 aliphatic rings. The number of carbonyl (C=O) groups is 2. The standard InChI is InChI=1S/C21H26O5/c1-14(2)5-8-18-11-17(7-10-20(23)24)12-19(21(18)25)9-6-15(3)13-26-16(4)22/h5-7,10-12,25H,8-9,13H2,1-4H3,(H,23,24). The van der Waals surface area contributed by atoms with E-state index in [9.17, 15) is 14.7 Å². The number of allylic oxidation sites excluding steroid dienone is 3. The summed E-state index contributed by atoms with van der Waals surface area (Å²) in [4.78, 5) is 21.6. The van der Waals surface area contributed by atoms with E-state index in [0.29, 0.717) is 24.0 Å². The van der Waals surface area contributed by atoms with Gasteiger partial charge in [0.25, 0.3) is 0 Å². The van der Waals surface area contributed by atoms with Gasteiger partial charge < -0.3 is 14.9 Å². The summed E-state index contributed by atoms with van der Waals surface area (Å²) in [5.41, 5.74) is 4.14. The Labute approximate surface area is 154 Å². The zero-order chi connectivity index (χ0) is 19.7. The molecule has 5 heteroatoms. The minimum atomic E-state index is -1.03. The molecule has 0 aliphatic heterocycles. The van der Waals surface area contributed by atoms with Crippen molar-refractivity contribution in [3.05, 3.63) is 58.2 Å².